The molecule has 2 aliphatic carbocycles. The quantitative estimate of drug-likeness (QED) is 0.107. The maximum absolute atomic E-state index is 15.1. The first kappa shape index (κ1) is 47.3. The molecule has 3 unspecified atom stereocenters. The molecule has 4 fully saturated rings. The van der Waals surface area contributed by atoms with Crippen LogP contribution in [0.2, 0.25) is 0 Å². The lowest BCUT2D eigenvalue weighted by molar-refractivity contribution is -0.118. The third-order valence-corrected chi connectivity index (χ3v) is 15.5. The fourth-order valence-electron chi connectivity index (χ4n) is 9.24. The van der Waals surface area contributed by atoms with E-state index in [2.05, 4.69) is 40.5 Å². The molecule has 9 rings (SSSR count). The number of nitrogens with one attached hydrogen (secondary N) is 3. The van der Waals surface area contributed by atoms with Crippen LogP contribution in [-0.2, 0) is 56.1 Å². The Hall–Kier alpha value is -5.82. The fourth-order valence-corrected chi connectivity index (χ4v) is 12.1. The molecule has 2 saturated carbocycles. The van der Waals surface area contributed by atoms with Crippen LogP contribution in [0.1, 0.15) is 56.6 Å². The van der Waals surface area contributed by atoms with Gasteiger partial charge in [-0.25, -0.2) is 29.1 Å². The average Bonchev–Trinajstić information content (AvgIpc) is 3.59. The summed E-state index contributed by atoms with van der Waals surface area (Å²) in [4.78, 5) is 63.6. The lowest BCUT2D eigenvalue weighted by Gasteiger charge is -2.32. The first-order valence-corrected chi connectivity index (χ1v) is 24.5. The molecule has 4 aromatic heterocycles. The zero-order valence-electron chi connectivity index (χ0n) is 37.0. The molecule has 68 heavy (non-hydrogen) atoms. The van der Waals surface area contributed by atoms with Gasteiger partial charge in [-0.15, -0.1) is 0 Å². The molecule has 4 aliphatic rings. The van der Waals surface area contributed by atoms with Gasteiger partial charge in [0.05, 0.1) is 75.7 Å². The Morgan fingerprint density at radius 3 is 2.32 bits per heavy atom. The zero-order valence-corrected chi connectivity index (χ0v) is 38.8. The number of nitriles is 2. The summed E-state index contributed by atoms with van der Waals surface area (Å²) in [6.45, 7) is 3.55. The van der Waals surface area contributed by atoms with Gasteiger partial charge in [0.2, 0.25) is 11.9 Å². The Balaban J connectivity index is 1.08. The summed E-state index contributed by atoms with van der Waals surface area (Å²) >= 11 is 0. The maximum atomic E-state index is 15.1. The van der Waals surface area contributed by atoms with Crippen LogP contribution in [0.4, 0.5) is 11.8 Å². The first-order valence-electron chi connectivity index (χ1n) is 21.6. The summed E-state index contributed by atoms with van der Waals surface area (Å²) in [6, 6.07) is 12.5. The number of carbonyl (C=O) groups excluding carboxylic acids is 2. The van der Waals surface area contributed by atoms with Gasteiger partial charge in [0.25, 0.3) is 11.5 Å². The number of aromatic nitrogens is 8. The molecule has 2 aliphatic heterocycles. The van der Waals surface area contributed by atoms with Crippen molar-refractivity contribution < 1.29 is 55.3 Å². The van der Waals surface area contributed by atoms with E-state index in [9.17, 15) is 29.5 Å². The van der Waals surface area contributed by atoms with E-state index in [0.717, 1.165) is 0 Å². The second-order valence-electron chi connectivity index (χ2n) is 16.8. The van der Waals surface area contributed by atoms with E-state index in [1.807, 2.05) is 23.6 Å². The highest BCUT2D eigenvalue weighted by Crippen LogP contribution is 2.71. The normalized spacial score (nSPS) is 31.2. The van der Waals surface area contributed by atoms with E-state index >= 15 is 4.57 Å². The molecule has 5 aromatic rings. The number of nitrogens with zero attached hydrogens (tertiary/aromatic N) is 9. The third-order valence-electron chi connectivity index (χ3n) is 12.6. The summed E-state index contributed by atoms with van der Waals surface area (Å²) in [5, 5.41) is 24.2. The summed E-state index contributed by atoms with van der Waals surface area (Å²) in [5.74, 6) is -2.89. The van der Waals surface area contributed by atoms with E-state index in [4.69, 9.17) is 36.6 Å². The second kappa shape index (κ2) is 18.9. The molecule has 0 radical (unpaired) electrons. The van der Waals surface area contributed by atoms with Crippen molar-refractivity contribution >= 4 is 61.6 Å². The monoisotopic (exact) mass is 976 g/mol. The van der Waals surface area contributed by atoms with Gasteiger partial charge in [-0.3, -0.25) is 56.4 Å². The number of aromatic amines is 1. The highest BCUT2D eigenvalue weighted by Gasteiger charge is 2.73. The molecule has 1 aromatic carbocycles. The molecule has 2 amide bonds. The van der Waals surface area contributed by atoms with Crippen LogP contribution in [0.5, 0.6) is 0 Å². The van der Waals surface area contributed by atoms with Crippen molar-refractivity contribution in [2.75, 3.05) is 44.2 Å². The van der Waals surface area contributed by atoms with Gasteiger partial charge in [-0.2, -0.15) is 15.5 Å². The summed E-state index contributed by atoms with van der Waals surface area (Å²) in [7, 11) is -8.08. The van der Waals surface area contributed by atoms with Crippen molar-refractivity contribution in [2.24, 2.45) is 23.7 Å². The Kier molecular flexibility index (Phi) is 13.2. The minimum Gasteiger partial charge on any atom is -0.376 e. The van der Waals surface area contributed by atoms with Crippen molar-refractivity contribution in [3.63, 3.8) is 0 Å². The molecule has 6 heterocycles. The van der Waals surface area contributed by atoms with Gasteiger partial charge < -0.3 is 19.4 Å². The van der Waals surface area contributed by atoms with E-state index < -0.39 is 93.6 Å². The van der Waals surface area contributed by atoms with E-state index in [-0.39, 0.29) is 61.5 Å². The molecule has 0 spiro atoms. The van der Waals surface area contributed by atoms with Gasteiger partial charge in [0, 0.05) is 30.4 Å². The van der Waals surface area contributed by atoms with E-state index in [1.54, 1.807) is 50.5 Å². The molecule has 27 heteroatoms. The molecule has 11 atom stereocenters. The van der Waals surface area contributed by atoms with Crippen LogP contribution in [0.3, 0.4) is 0 Å². The van der Waals surface area contributed by atoms with Gasteiger partial charge in [-0.05, 0) is 24.5 Å². The number of carbonyl (C=O) groups is 2. The Morgan fingerprint density at radius 2 is 1.63 bits per heavy atom. The molecule has 2 bridgehead atoms. The number of ether oxygens (including phenoxy) is 2. The maximum Gasteiger partial charge on any atom is 0.475 e. The topological polar surface area (TPSA) is 321 Å². The number of methoxy groups -OCH3 is 1. The average molecular weight is 977 g/mol. The number of phosphoric acid groups is 2. The minimum absolute atomic E-state index is 0.0743. The van der Waals surface area contributed by atoms with Crippen LogP contribution >= 0.6 is 15.6 Å². The van der Waals surface area contributed by atoms with Gasteiger partial charge in [-0.1, -0.05) is 39.0 Å². The number of rotatable bonds is 13. The van der Waals surface area contributed by atoms with E-state index in [0.29, 0.717) is 23.1 Å². The number of imidazole rings is 2. The number of fused-ring (bicyclic) bond motifs is 7. The third kappa shape index (κ3) is 8.75. The molecule has 3 N–H and O–H groups in total. The SMILES string of the molecule is CO[C@H]1[C@H]2OP(=O)(OCCC#N)OC[C@@H]3[C@@H](OP(=O)(OCCC#N)OC[C@H]1O[C@H]2n1cnc2c(=O)[nH]c(NC(=O)C(C)C)nc21)[C@@H](C)C1(n2cnc4c(NC(=O)c5ccccc5)ncnc42)C[C@@H]31. The lowest BCUT2D eigenvalue weighted by atomic mass is 9.94. The molecule has 25 nitrogen and oxygen atoms in total. The Bertz CT molecular complexity index is 2970. The van der Waals surface area contributed by atoms with Crippen LogP contribution in [0.25, 0.3) is 22.3 Å². The molecule has 2 saturated heterocycles. The smallest absolute Gasteiger partial charge is 0.376 e. The number of phosphoric ester groups is 2. The van der Waals surface area contributed by atoms with Crippen molar-refractivity contribution in [1.29, 1.82) is 10.5 Å². The number of hydrogen-bond donors (Lipinski definition) is 3. The van der Waals surface area contributed by atoms with Crippen LogP contribution in [-0.4, -0.2) is 109 Å². The van der Waals surface area contributed by atoms with Gasteiger partial charge in [0.1, 0.15) is 24.6 Å². The van der Waals surface area contributed by atoms with E-state index in [1.165, 1.54) is 24.3 Å². The summed E-state index contributed by atoms with van der Waals surface area (Å²) in [6.07, 6.45) is -1.96. The second-order valence-corrected chi connectivity index (χ2v) is 20.1. The van der Waals surface area contributed by atoms with Gasteiger partial charge in [0.15, 0.2) is 34.4 Å². The number of anilines is 2. The largest absolute Gasteiger partial charge is 0.475 e. The summed E-state index contributed by atoms with van der Waals surface area (Å²) < 4.78 is 82.2. The number of H-pyrrole nitrogens is 1. The first-order chi connectivity index (χ1) is 32.7. The lowest BCUT2D eigenvalue weighted by Crippen LogP contribution is -2.37. The van der Waals surface area contributed by atoms with Gasteiger partial charge >= 0.3 is 15.6 Å². The number of hydrogen-bond acceptors (Lipinski definition) is 20. The van der Waals surface area contributed by atoms with Crippen molar-refractivity contribution in [3.8, 4) is 12.1 Å². The van der Waals surface area contributed by atoms with Crippen LogP contribution in [0.15, 0.2) is 54.1 Å². The zero-order chi connectivity index (χ0) is 48.0. The van der Waals surface area contributed by atoms with Crippen molar-refractivity contribution in [2.45, 2.75) is 76.2 Å². The molecular weight excluding hydrogens is 930 g/mol. The predicted molar refractivity (Wildman–Crippen MR) is 234 cm³/mol. The predicted octanol–water partition coefficient (Wildman–Crippen LogP) is 4.59. The number of benzene rings is 1. The highest BCUT2D eigenvalue weighted by molar-refractivity contribution is 7.48. The van der Waals surface area contributed by atoms with Crippen molar-refractivity contribution in [1.82, 2.24) is 39.0 Å². The molecule has 358 valence electrons. The standard InChI is InChI=1S/C41H46N12O13P2/c1-22(2)36(54)50-40-49-35-29(38(56)51-40)46-20-52(35)39-32-31(59-4)27(64-39)18-63-68(58,61-15-9-13-43)65-30-23(3)41(16-26(41)25(30)17-62-67(57,66-32)60-14-8-12-42)53-21-47-28-33(44-19-45-34(28)53)48-37(55)24-10-6-5-7-11-24/h5-7,10-11,19-23,25-27,30-32,39H,8-9,14-18H2,1-4H3,(H,44,45,48,55)(H2,49,50,51,54,56)/t23-,25+,26+,27-,30+,31-,32-,39-,41?,67?,68?/m1/s1. The molecular formula is C41H46N12O13P2. The van der Waals surface area contributed by atoms with Crippen molar-refractivity contribution in [3.05, 3.63) is 65.2 Å². The minimum atomic E-state index is -4.75. The fraction of sp³-hybridized carbons (Fsp3) is 0.512. The highest BCUT2D eigenvalue weighted by atomic mass is 31.2. The Labute approximate surface area is 387 Å². The van der Waals surface area contributed by atoms with Crippen LogP contribution in [0, 0.1) is 46.3 Å². The number of amides is 2. The Morgan fingerprint density at radius 1 is 0.941 bits per heavy atom. The summed E-state index contributed by atoms with van der Waals surface area (Å²) in [5.41, 5.74) is -0.639. The van der Waals surface area contributed by atoms with Crippen LogP contribution < -0.4 is 16.2 Å².